The van der Waals surface area contributed by atoms with Crippen LogP contribution in [0.5, 0.6) is 0 Å². The lowest BCUT2D eigenvalue weighted by Gasteiger charge is -2.33. The summed E-state index contributed by atoms with van der Waals surface area (Å²) in [6.07, 6.45) is 10.9. The lowest BCUT2D eigenvalue weighted by molar-refractivity contribution is 0.182. The summed E-state index contributed by atoms with van der Waals surface area (Å²) in [4.78, 5) is 16.5. The van der Waals surface area contributed by atoms with E-state index >= 15 is 0 Å². The van der Waals surface area contributed by atoms with Crippen molar-refractivity contribution in [3.05, 3.63) is 16.3 Å². The first kappa shape index (κ1) is 13.9. The fraction of sp³-hybridized carbons (Fsp3) is 0.867. The van der Waals surface area contributed by atoms with Gasteiger partial charge in [-0.25, -0.2) is 9.89 Å². The van der Waals surface area contributed by atoms with Crippen molar-refractivity contribution >= 4 is 0 Å². The van der Waals surface area contributed by atoms with E-state index < -0.39 is 0 Å². The fourth-order valence-corrected chi connectivity index (χ4v) is 3.80. The van der Waals surface area contributed by atoms with E-state index in [1.165, 1.54) is 58.0 Å². The average molecular weight is 278 g/mol. The standard InChI is InChI=1S/C15H26N4O/c20-15-16-14(17-18-15)13-7-4-9-19(11-13)10-8-12-5-2-1-3-6-12/h12-13H,1-11H2,(H2,16,17,18,20)/t13-/m0/s1. The molecule has 0 unspecified atom stereocenters. The molecule has 112 valence electrons. The Morgan fingerprint density at radius 1 is 1.15 bits per heavy atom. The van der Waals surface area contributed by atoms with E-state index in [4.69, 9.17) is 0 Å². The van der Waals surface area contributed by atoms with Gasteiger partial charge in [-0.05, 0) is 38.3 Å². The molecule has 0 bridgehead atoms. The molecular formula is C15H26N4O. The highest BCUT2D eigenvalue weighted by Gasteiger charge is 2.24. The minimum absolute atomic E-state index is 0.181. The molecule has 2 heterocycles. The zero-order valence-corrected chi connectivity index (χ0v) is 12.2. The van der Waals surface area contributed by atoms with E-state index in [-0.39, 0.29) is 5.69 Å². The second kappa shape index (κ2) is 6.57. The van der Waals surface area contributed by atoms with Crippen LogP contribution in [0.15, 0.2) is 4.79 Å². The molecule has 0 radical (unpaired) electrons. The summed E-state index contributed by atoms with van der Waals surface area (Å²) in [6, 6.07) is 0. The molecule has 2 aliphatic rings. The van der Waals surface area contributed by atoms with Gasteiger partial charge >= 0.3 is 5.69 Å². The number of hydrogen-bond acceptors (Lipinski definition) is 3. The Morgan fingerprint density at radius 2 is 2.00 bits per heavy atom. The number of piperidine rings is 1. The predicted molar refractivity (Wildman–Crippen MR) is 78.8 cm³/mol. The van der Waals surface area contributed by atoms with Crippen molar-refractivity contribution < 1.29 is 0 Å². The number of aromatic nitrogens is 3. The van der Waals surface area contributed by atoms with Gasteiger partial charge in [0.05, 0.1) is 0 Å². The normalized spacial score (nSPS) is 25.9. The Hall–Kier alpha value is -1.10. The number of rotatable bonds is 4. The summed E-state index contributed by atoms with van der Waals surface area (Å²) in [6.45, 7) is 3.47. The maximum Gasteiger partial charge on any atom is 0.340 e. The van der Waals surface area contributed by atoms with Crippen LogP contribution in [0.4, 0.5) is 0 Å². The molecule has 5 heteroatoms. The number of hydrogen-bond donors (Lipinski definition) is 2. The van der Waals surface area contributed by atoms with Gasteiger partial charge in [-0.2, -0.15) is 5.10 Å². The van der Waals surface area contributed by atoms with E-state index in [0.717, 1.165) is 24.7 Å². The molecule has 20 heavy (non-hydrogen) atoms. The van der Waals surface area contributed by atoms with E-state index in [1.807, 2.05) is 0 Å². The Balaban J connectivity index is 1.49. The van der Waals surface area contributed by atoms with E-state index in [1.54, 1.807) is 0 Å². The van der Waals surface area contributed by atoms with Gasteiger partial charge in [0.15, 0.2) is 0 Å². The molecule has 1 aromatic rings. The third-order valence-electron chi connectivity index (χ3n) is 4.99. The molecule has 1 aliphatic heterocycles. The number of H-pyrrole nitrogens is 2. The molecule has 1 atom stereocenters. The number of nitrogens with one attached hydrogen (secondary N) is 2. The fourth-order valence-electron chi connectivity index (χ4n) is 3.80. The minimum atomic E-state index is -0.181. The van der Waals surface area contributed by atoms with E-state index in [0.29, 0.717) is 5.92 Å². The van der Waals surface area contributed by atoms with Crippen LogP contribution in [0.3, 0.4) is 0 Å². The molecular weight excluding hydrogens is 252 g/mol. The van der Waals surface area contributed by atoms with E-state index in [2.05, 4.69) is 20.1 Å². The zero-order valence-electron chi connectivity index (χ0n) is 12.2. The molecule has 5 nitrogen and oxygen atoms in total. The molecule has 1 aliphatic carbocycles. The minimum Gasteiger partial charge on any atom is -0.303 e. The van der Waals surface area contributed by atoms with Gasteiger partial charge in [0.25, 0.3) is 0 Å². The molecule has 0 aromatic carbocycles. The van der Waals surface area contributed by atoms with Crippen LogP contribution in [-0.2, 0) is 0 Å². The molecule has 1 saturated heterocycles. The van der Waals surface area contributed by atoms with Crippen LogP contribution in [0.2, 0.25) is 0 Å². The lowest BCUT2D eigenvalue weighted by Crippen LogP contribution is -2.36. The number of nitrogens with zero attached hydrogens (tertiary/aromatic N) is 2. The third-order valence-corrected chi connectivity index (χ3v) is 4.99. The van der Waals surface area contributed by atoms with Gasteiger partial charge in [0.2, 0.25) is 0 Å². The van der Waals surface area contributed by atoms with Crippen molar-refractivity contribution in [2.75, 3.05) is 19.6 Å². The first-order valence-corrected chi connectivity index (χ1v) is 8.18. The van der Waals surface area contributed by atoms with Crippen molar-refractivity contribution in [3.8, 4) is 0 Å². The average Bonchev–Trinajstić information content (AvgIpc) is 2.93. The summed E-state index contributed by atoms with van der Waals surface area (Å²) in [7, 11) is 0. The van der Waals surface area contributed by atoms with Gasteiger partial charge < -0.3 is 4.90 Å². The van der Waals surface area contributed by atoms with Crippen LogP contribution >= 0.6 is 0 Å². The van der Waals surface area contributed by atoms with Gasteiger partial charge in [-0.1, -0.05) is 32.1 Å². The SMILES string of the molecule is O=c1[nH]nc([C@H]2CCCN(CCC3CCCCC3)C2)[nH]1. The first-order valence-electron chi connectivity index (χ1n) is 8.18. The molecule has 1 saturated carbocycles. The molecule has 0 amide bonds. The summed E-state index contributed by atoms with van der Waals surface area (Å²) in [5.74, 6) is 2.20. The highest BCUT2D eigenvalue weighted by molar-refractivity contribution is 4.96. The maximum atomic E-state index is 11.2. The molecule has 3 rings (SSSR count). The Morgan fingerprint density at radius 3 is 2.75 bits per heavy atom. The lowest BCUT2D eigenvalue weighted by atomic mass is 9.86. The third kappa shape index (κ3) is 3.51. The van der Waals surface area contributed by atoms with Crippen molar-refractivity contribution in [2.45, 2.75) is 57.3 Å². The van der Waals surface area contributed by atoms with Gasteiger partial charge in [-0.3, -0.25) is 4.98 Å². The highest BCUT2D eigenvalue weighted by Crippen LogP contribution is 2.28. The topological polar surface area (TPSA) is 64.8 Å². The molecule has 0 spiro atoms. The van der Waals surface area contributed by atoms with Gasteiger partial charge in [-0.15, -0.1) is 0 Å². The Kier molecular flexibility index (Phi) is 4.55. The maximum absolute atomic E-state index is 11.2. The first-order chi connectivity index (χ1) is 9.81. The summed E-state index contributed by atoms with van der Waals surface area (Å²) in [5, 5.41) is 6.59. The summed E-state index contributed by atoms with van der Waals surface area (Å²) in [5.41, 5.74) is -0.181. The van der Waals surface area contributed by atoms with Crippen LogP contribution < -0.4 is 5.69 Å². The van der Waals surface area contributed by atoms with Crippen LogP contribution in [0.25, 0.3) is 0 Å². The Labute approximate surface area is 120 Å². The second-order valence-electron chi connectivity index (χ2n) is 6.50. The van der Waals surface area contributed by atoms with Crippen LogP contribution in [-0.4, -0.2) is 39.7 Å². The molecule has 1 aromatic heterocycles. The monoisotopic (exact) mass is 278 g/mol. The van der Waals surface area contributed by atoms with Crippen molar-refractivity contribution in [3.63, 3.8) is 0 Å². The van der Waals surface area contributed by atoms with Crippen molar-refractivity contribution in [2.24, 2.45) is 5.92 Å². The van der Waals surface area contributed by atoms with E-state index in [9.17, 15) is 4.79 Å². The smallest absolute Gasteiger partial charge is 0.303 e. The summed E-state index contributed by atoms with van der Waals surface area (Å²) < 4.78 is 0. The quantitative estimate of drug-likeness (QED) is 0.888. The highest BCUT2D eigenvalue weighted by atomic mass is 16.1. The van der Waals surface area contributed by atoms with Crippen LogP contribution in [0, 0.1) is 5.92 Å². The Bertz CT molecular complexity index is 460. The van der Waals surface area contributed by atoms with Gasteiger partial charge in [0.1, 0.15) is 5.82 Å². The van der Waals surface area contributed by atoms with Crippen molar-refractivity contribution in [1.29, 1.82) is 0 Å². The van der Waals surface area contributed by atoms with Crippen LogP contribution in [0.1, 0.15) is 63.1 Å². The molecule has 2 N–H and O–H groups in total. The largest absolute Gasteiger partial charge is 0.340 e. The van der Waals surface area contributed by atoms with Crippen molar-refractivity contribution in [1.82, 2.24) is 20.1 Å². The second-order valence-corrected chi connectivity index (χ2v) is 6.50. The molecule has 2 fully saturated rings. The number of likely N-dealkylation sites (tertiary alicyclic amines) is 1. The van der Waals surface area contributed by atoms with Gasteiger partial charge in [0, 0.05) is 12.5 Å². The number of aromatic amines is 2. The summed E-state index contributed by atoms with van der Waals surface area (Å²) >= 11 is 0. The predicted octanol–water partition coefficient (Wildman–Crippen LogP) is 2.25. The zero-order chi connectivity index (χ0) is 13.8.